The second-order valence-electron chi connectivity index (χ2n) is 7.84. The normalized spacial score (nSPS) is 21.4. The van der Waals surface area contributed by atoms with E-state index >= 15 is 0 Å². The molecule has 0 aromatic carbocycles. The number of nitrogens with zero attached hydrogens (tertiary/aromatic N) is 5. The lowest BCUT2D eigenvalue weighted by Crippen LogP contribution is -2.52. The molecule has 0 spiro atoms. The Hall–Kier alpha value is -1.58. The molecule has 2 aliphatic heterocycles. The summed E-state index contributed by atoms with van der Waals surface area (Å²) in [5.41, 5.74) is 0.450. The van der Waals surface area contributed by atoms with Gasteiger partial charge in [-0.15, -0.1) is 0 Å². The fourth-order valence-corrected chi connectivity index (χ4v) is 5.31. The van der Waals surface area contributed by atoms with Crippen LogP contribution in [0.15, 0.2) is 12.4 Å². The Bertz CT molecular complexity index is 762. The summed E-state index contributed by atoms with van der Waals surface area (Å²) < 4.78 is 26.5. The highest BCUT2D eigenvalue weighted by Gasteiger charge is 2.32. The molecule has 0 aliphatic carbocycles. The van der Waals surface area contributed by atoms with Crippen molar-refractivity contribution in [1.29, 1.82) is 0 Å². The summed E-state index contributed by atoms with van der Waals surface area (Å²) in [6, 6.07) is -0.169. The lowest BCUT2D eigenvalue weighted by Gasteiger charge is -2.38. The highest BCUT2D eigenvalue weighted by molar-refractivity contribution is 7.88. The zero-order valence-corrected chi connectivity index (χ0v) is 17.7. The molecule has 9 heteroatoms. The SMILES string of the molecule is Cc1ncc(C(=O)N2CCCC(N(CCCN3CCCC3)S(C)(=O)=O)C2)cn1. The predicted octanol–water partition coefficient (Wildman–Crippen LogP) is 1.14. The van der Waals surface area contributed by atoms with Crippen LogP contribution in [0.5, 0.6) is 0 Å². The van der Waals surface area contributed by atoms with Crippen LogP contribution >= 0.6 is 0 Å². The van der Waals surface area contributed by atoms with Gasteiger partial charge < -0.3 is 9.80 Å². The lowest BCUT2D eigenvalue weighted by atomic mass is 10.0. The van der Waals surface area contributed by atoms with Crippen molar-refractivity contribution < 1.29 is 13.2 Å². The summed E-state index contributed by atoms with van der Waals surface area (Å²) in [6.45, 7) is 6.50. The molecule has 3 rings (SSSR count). The number of carbonyl (C=O) groups excluding carboxylic acids is 1. The number of aryl methyl sites for hydroxylation is 1. The summed E-state index contributed by atoms with van der Waals surface area (Å²) in [5, 5.41) is 0. The van der Waals surface area contributed by atoms with Crippen molar-refractivity contribution in [3.8, 4) is 0 Å². The van der Waals surface area contributed by atoms with E-state index in [1.807, 2.05) is 0 Å². The zero-order valence-electron chi connectivity index (χ0n) is 16.9. The molecule has 1 aromatic rings. The number of carbonyl (C=O) groups is 1. The number of amides is 1. The average Bonchev–Trinajstić information content (AvgIpc) is 3.18. The van der Waals surface area contributed by atoms with Crippen molar-refractivity contribution in [1.82, 2.24) is 24.1 Å². The largest absolute Gasteiger partial charge is 0.337 e. The molecule has 28 heavy (non-hydrogen) atoms. The minimum atomic E-state index is -3.33. The Labute approximate surface area is 168 Å². The minimum Gasteiger partial charge on any atom is -0.337 e. The summed E-state index contributed by atoms with van der Waals surface area (Å²) in [7, 11) is -3.33. The van der Waals surface area contributed by atoms with Crippen LogP contribution < -0.4 is 0 Å². The second-order valence-corrected chi connectivity index (χ2v) is 9.78. The van der Waals surface area contributed by atoms with Crippen LogP contribution in [0.2, 0.25) is 0 Å². The Morgan fingerprint density at radius 1 is 1.18 bits per heavy atom. The van der Waals surface area contributed by atoms with E-state index in [1.165, 1.54) is 19.1 Å². The molecule has 8 nitrogen and oxygen atoms in total. The Kier molecular flexibility index (Phi) is 7.00. The maximum Gasteiger partial charge on any atom is 0.257 e. The number of sulfonamides is 1. The molecular formula is C19H31N5O3S. The first-order valence-electron chi connectivity index (χ1n) is 10.1. The third-order valence-corrected chi connectivity index (χ3v) is 6.93. The van der Waals surface area contributed by atoms with Gasteiger partial charge in [0.25, 0.3) is 5.91 Å². The molecule has 2 saturated heterocycles. The van der Waals surface area contributed by atoms with E-state index in [1.54, 1.807) is 28.5 Å². The minimum absolute atomic E-state index is 0.129. The van der Waals surface area contributed by atoms with E-state index < -0.39 is 10.0 Å². The fourth-order valence-electron chi connectivity index (χ4n) is 4.14. The molecule has 0 N–H and O–H groups in total. The number of aromatic nitrogens is 2. The third kappa shape index (κ3) is 5.48. The molecule has 156 valence electrons. The smallest absolute Gasteiger partial charge is 0.257 e. The van der Waals surface area contributed by atoms with Gasteiger partial charge in [0.15, 0.2) is 0 Å². The van der Waals surface area contributed by atoms with E-state index in [4.69, 9.17) is 0 Å². The monoisotopic (exact) mass is 409 g/mol. The van der Waals surface area contributed by atoms with Crippen molar-refractivity contribution in [3.05, 3.63) is 23.8 Å². The van der Waals surface area contributed by atoms with Gasteiger partial charge in [-0.1, -0.05) is 0 Å². The molecule has 2 fully saturated rings. The molecule has 3 heterocycles. The molecule has 0 radical (unpaired) electrons. The quantitative estimate of drug-likeness (QED) is 0.671. The van der Waals surface area contributed by atoms with E-state index in [0.717, 1.165) is 38.9 Å². The van der Waals surface area contributed by atoms with E-state index in [9.17, 15) is 13.2 Å². The van der Waals surface area contributed by atoms with Crippen LogP contribution in [-0.4, -0.2) is 90.0 Å². The topological polar surface area (TPSA) is 86.7 Å². The number of piperidine rings is 1. The van der Waals surface area contributed by atoms with Crippen molar-refractivity contribution in [2.45, 2.75) is 45.1 Å². The summed E-state index contributed by atoms with van der Waals surface area (Å²) in [4.78, 5) is 25.1. The van der Waals surface area contributed by atoms with Crippen LogP contribution in [0.25, 0.3) is 0 Å². The summed E-state index contributed by atoms with van der Waals surface area (Å²) >= 11 is 0. The fraction of sp³-hybridized carbons (Fsp3) is 0.737. The molecular weight excluding hydrogens is 378 g/mol. The van der Waals surface area contributed by atoms with Gasteiger partial charge >= 0.3 is 0 Å². The maximum absolute atomic E-state index is 12.8. The highest BCUT2D eigenvalue weighted by atomic mass is 32.2. The van der Waals surface area contributed by atoms with Gasteiger partial charge in [-0.2, -0.15) is 4.31 Å². The van der Waals surface area contributed by atoms with E-state index in [0.29, 0.717) is 31.0 Å². The highest BCUT2D eigenvalue weighted by Crippen LogP contribution is 2.21. The predicted molar refractivity (Wildman–Crippen MR) is 108 cm³/mol. The molecule has 1 unspecified atom stereocenters. The number of likely N-dealkylation sites (tertiary alicyclic amines) is 2. The van der Waals surface area contributed by atoms with E-state index in [-0.39, 0.29) is 11.9 Å². The number of hydrogen-bond donors (Lipinski definition) is 0. The Morgan fingerprint density at radius 3 is 2.50 bits per heavy atom. The van der Waals surface area contributed by atoms with Gasteiger partial charge in [-0.3, -0.25) is 4.79 Å². The summed E-state index contributed by atoms with van der Waals surface area (Å²) in [6.07, 6.45) is 9.22. The van der Waals surface area contributed by atoms with Crippen LogP contribution in [0.1, 0.15) is 48.3 Å². The summed E-state index contributed by atoms with van der Waals surface area (Å²) in [5.74, 6) is 0.490. The van der Waals surface area contributed by atoms with Gasteiger partial charge in [0.2, 0.25) is 10.0 Å². The average molecular weight is 410 g/mol. The molecule has 0 bridgehead atoms. The molecule has 1 aromatic heterocycles. The van der Waals surface area contributed by atoms with Crippen LogP contribution in [-0.2, 0) is 10.0 Å². The maximum atomic E-state index is 12.8. The van der Waals surface area contributed by atoms with Gasteiger partial charge in [-0.25, -0.2) is 18.4 Å². The van der Waals surface area contributed by atoms with Gasteiger partial charge in [0.1, 0.15) is 5.82 Å². The standard InChI is InChI=1S/C19H31N5O3S/c1-16-20-13-17(14-21-16)19(25)23-11-5-7-18(15-23)24(28(2,26)27)12-6-10-22-8-3-4-9-22/h13-14,18H,3-12,15H2,1-2H3. The van der Waals surface area contributed by atoms with Crippen molar-refractivity contribution in [2.75, 3.05) is 45.5 Å². The van der Waals surface area contributed by atoms with Gasteiger partial charge in [0, 0.05) is 38.1 Å². The first kappa shape index (κ1) is 21.1. The second kappa shape index (κ2) is 9.28. The van der Waals surface area contributed by atoms with E-state index in [2.05, 4.69) is 14.9 Å². The van der Waals surface area contributed by atoms with Crippen molar-refractivity contribution >= 4 is 15.9 Å². The van der Waals surface area contributed by atoms with Gasteiger partial charge in [-0.05, 0) is 58.7 Å². The molecule has 1 amide bonds. The number of hydrogen-bond acceptors (Lipinski definition) is 6. The lowest BCUT2D eigenvalue weighted by molar-refractivity contribution is 0.0651. The van der Waals surface area contributed by atoms with Crippen LogP contribution in [0, 0.1) is 6.92 Å². The number of rotatable bonds is 7. The zero-order chi connectivity index (χ0) is 20.1. The van der Waals surface area contributed by atoms with Crippen LogP contribution in [0.3, 0.4) is 0 Å². The van der Waals surface area contributed by atoms with Gasteiger partial charge in [0.05, 0.1) is 11.8 Å². The Balaban J connectivity index is 1.63. The Morgan fingerprint density at radius 2 is 1.86 bits per heavy atom. The third-order valence-electron chi connectivity index (χ3n) is 5.60. The molecule has 2 aliphatic rings. The molecule has 1 atom stereocenters. The molecule has 0 saturated carbocycles. The first-order chi connectivity index (χ1) is 13.3. The van der Waals surface area contributed by atoms with Crippen LogP contribution in [0.4, 0.5) is 0 Å². The first-order valence-corrected chi connectivity index (χ1v) is 12.0. The van der Waals surface area contributed by atoms with Crippen molar-refractivity contribution in [2.24, 2.45) is 0 Å². The van der Waals surface area contributed by atoms with Crippen molar-refractivity contribution in [3.63, 3.8) is 0 Å².